The van der Waals surface area contributed by atoms with E-state index in [1.807, 2.05) is 7.05 Å². The first kappa shape index (κ1) is 19.0. The van der Waals surface area contributed by atoms with Crippen molar-refractivity contribution in [2.24, 2.45) is 4.99 Å². The lowest BCUT2D eigenvalue weighted by molar-refractivity contribution is 0.0195. The van der Waals surface area contributed by atoms with Crippen LogP contribution in [0.3, 0.4) is 0 Å². The number of morpholine rings is 1. The summed E-state index contributed by atoms with van der Waals surface area (Å²) in [6.07, 6.45) is 2.16. The molecule has 1 N–H and O–H groups in total. The number of guanidine groups is 1. The predicted octanol–water partition coefficient (Wildman–Crippen LogP) is 1.53. The van der Waals surface area contributed by atoms with E-state index in [9.17, 15) is 0 Å². The molecule has 1 aromatic rings. The maximum Gasteiger partial charge on any atom is 0.193 e. The Morgan fingerprint density at radius 2 is 2.12 bits per heavy atom. The standard InChI is InChI=1S/C20H32N4O2/c1-16-4-5-17(14-19(16)25-3)6-8-22-20(21-2)24-9-7-18(15-24)23-10-12-26-13-11-23/h4-5,14,18H,6-13,15H2,1-3H3,(H,21,22). The highest BCUT2D eigenvalue weighted by Gasteiger charge is 2.30. The summed E-state index contributed by atoms with van der Waals surface area (Å²) in [5.41, 5.74) is 2.45. The molecular weight excluding hydrogens is 328 g/mol. The van der Waals surface area contributed by atoms with Crippen molar-refractivity contribution in [2.45, 2.75) is 25.8 Å². The van der Waals surface area contributed by atoms with Crippen LogP contribution in [0.15, 0.2) is 23.2 Å². The number of aliphatic imine (C=N–C) groups is 1. The molecule has 2 aliphatic rings. The molecule has 6 nitrogen and oxygen atoms in total. The quantitative estimate of drug-likeness (QED) is 0.637. The second-order valence-electron chi connectivity index (χ2n) is 7.06. The Morgan fingerprint density at radius 1 is 1.31 bits per heavy atom. The number of benzene rings is 1. The molecule has 2 saturated heterocycles. The van der Waals surface area contributed by atoms with Crippen LogP contribution in [0.2, 0.25) is 0 Å². The predicted molar refractivity (Wildman–Crippen MR) is 105 cm³/mol. The van der Waals surface area contributed by atoms with Crippen molar-refractivity contribution in [1.82, 2.24) is 15.1 Å². The van der Waals surface area contributed by atoms with Gasteiger partial charge in [0.25, 0.3) is 0 Å². The molecule has 1 unspecified atom stereocenters. The Hall–Kier alpha value is -1.79. The summed E-state index contributed by atoms with van der Waals surface area (Å²) in [7, 11) is 3.60. The van der Waals surface area contributed by atoms with Crippen molar-refractivity contribution >= 4 is 5.96 Å². The van der Waals surface area contributed by atoms with Crippen LogP contribution >= 0.6 is 0 Å². The van der Waals surface area contributed by atoms with Crippen LogP contribution in [0.4, 0.5) is 0 Å². The van der Waals surface area contributed by atoms with E-state index in [1.54, 1.807) is 7.11 Å². The number of nitrogens with zero attached hydrogens (tertiary/aromatic N) is 3. The monoisotopic (exact) mass is 360 g/mol. The molecule has 6 heteroatoms. The van der Waals surface area contributed by atoms with Crippen LogP contribution < -0.4 is 10.1 Å². The maximum absolute atomic E-state index is 5.47. The first-order valence-corrected chi connectivity index (χ1v) is 9.62. The zero-order valence-electron chi connectivity index (χ0n) is 16.3. The zero-order valence-corrected chi connectivity index (χ0v) is 16.3. The molecule has 2 fully saturated rings. The van der Waals surface area contributed by atoms with Gasteiger partial charge in [-0.25, -0.2) is 0 Å². The maximum atomic E-state index is 5.47. The number of rotatable bonds is 5. The van der Waals surface area contributed by atoms with E-state index in [2.05, 4.69) is 45.2 Å². The Balaban J connectivity index is 1.47. The summed E-state index contributed by atoms with van der Waals surface area (Å²) in [4.78, 5) is 9.44. The minimum Gasteiger partial charge on any atom is -0.496 e. The molecule has 3 rings (SSSR count). The fourth-order valence-electron chi connectivity index (χ4n) is 3.85. The molecule has 2 heterocycles. The van der Waals surface area contributed by atoms with E-state index < -0.39 is 0 Å². The van der Waals surface area contributed by atoms with Gasteiger partial charge in [0.05, 0.1) is 20.3 Å². The van der Waals surface area contributed by atoms with Gasteiger partial charge in [0.1, 0.15) is 5.75 Å². The molecule has 1 aromatic carbocycles. The zero-order chi connectivity index (χ0) is 18.4. The van der Waals surface area contributed by atoms with Crippen LogP contribution in [0.5, 0.6) is 5.75 Å². The van der Waals surface area contributed by atoms with Gasteiger partial charge in [-0.3, -0.25) is 9.89 Å². The number of methoxy groups -OCH3 is 1. The SMILES string of the molecule is CN=C(NCCc1ccc(C)c(OC)c1)N1CCC(N2CCOCC2)C1. The van der Waals surface area contributed by atoms with E-state index in [0.29, 0.717) is 6.04 Å². The fourth-order valence-corrected chi connectivity index (χ4v) is 3.85. The topological polar surface area (TPSA) is 49.3 Å². The summed E-state index contributed by atoms with van der Waals surface area (Å²) >= 11 is 0. The second kappa shape index (κ2) is 9.24. The third kappa shape index (κ3) is 4.68. The minimum atomic E-state index is 0.624. The van der Waals surface area contributed by atoms with Crippen molar-refractivity contribution < 1.29 is 9.47 Å². The summed E-state index contributed by atoms with van der Waals surface area (Å²) in [6, 6.07) is 7.05. The molecule has 1 atom stereocenters. The number of aryl methyl sites for hydroxylation is 1. The third-order valence-electron chi connectivity index (χ3n) is 5.41. The van der Waals surface area contributed by atoms with Crippen molar-refractivity contribution in [1.29, 1.82) is 0 Å². The molecule has 2 aliphatic heterocycles. The molecule has 0 saturated carbocycles. The Morgan fingerprint density at radius 3 is 2.85 bits per heavy atom. The third-order valence-corrected chi connectivity index (χ3v) is 5.41. The van der Waals surface area contributed by atoms with E-state index in [1.165, 1.54) is 17.5 Å². The van der Waals surface area contributed by atoms with Gasteiger partial charge in [-0.15, -0.1) is 0 Å². The average Bonchev–Trinajstić information content (AvgIpc) is 3.17. The number of ether oxygens (including phenoxy) is 2. The van der Waals surface area contributed by atoms with Crippen LogP contribution in [0, 0.1) is 6.92 Å². The summed E-state index contributed by atoms with van der Waals surface area (Å²) in [5, 5.41) is 3.53. The molecule has 0 aliphatic carbocycles. The van der Waals surface area contributed by atoms with Crippen molar-refractivity contribution in [3.05, 3.63) is 29.3 Å². The van der Waals surface area contributed by atoms with Crippen molar-refractivity contribution in [3.63, 3.8) is 0 Å². The van der Waals surface area contributed by atoms with Gasteiger partial charge < -0.3 is 19.7 Å². The van der Waals surface area contributed by atoms with Crippen LogP contribution in [-0.4, -0.2) is 81.9 Å². The first-order valence-electron chi connectivity index (χ1n) is 9.62. The highest BCUT2D eigenvalue weighted by Crippen LogP contribution is 2.19. The molecule has 0 amide bonds. The molecule has 0 spiro atoms. The van der Waals surface area contributed by atoms with Gasteiger partial charge in [0, 0.05) is 45.8 Å². The summed E-state index contributed by atoms with van der Waals surface area (Å²) < 4.78 is 10.9. The van der Waals surface area contributed by atoms with E-state index in [-0.39, 0.29) is 0 Å². The fraction of sp³-hybridized carbons (Fsp3) is 0.650. The number of hydrogen-bond acceptors (Lipinski definition) is 4. The lowest BCUT2D eigenvalue weighted by Gasteiger charge is -2.32. The van der Waals surface area contributed by atoms with Gasteiger partial charge in [-0.1, -0.05) is 12.1 Å². The molecule has 144 valence electrons. The van der Waals surface area contributed by atoms with Crippen LogP contribution in [0.1, 0.15) is 17.5 Å². The Bertz CT molecular complexity index is 614. The normalized spacial score (nSPS) is 21.9. The highest BCUT2D eigenvalue weighted by atomic mass is 16.5. The smallest absolute Gasteiger partial charge is 0.193 e. The summed E-state index contributed by atoms with van der Waals surface area (Å²) in [6.45, 7) is 8.91. The van der Waals surface area contributed by atoms with E-state index in [4.69, 9.17) is 9.47 Å². The lowest BCUT2D eigenvalue weighted by Crippen LogP contribution is -2.46. The van der Waals surface area contributed by atoms with E-state index in [0.717, 1.165) is 64.1 Å². The molecule has 0 aromatic heterocycles. The van der Waals surface area contributed by atoms with Crippen LogP contribution in [-0.2, 0) is 11.2 Å². The molecule has 26 heavy (non-hydrogen) atoms. The Kier molecular flexibility index (Phi) is 6.74. The lowest BCUT2D eigenvalue weighted by atomic mass is 10.1. The number of likely N-dealkylation sites (tertiary alicyclic amines) is 1. The van der Waals surface area contributed by atoms with E-state index >= 15 is 0 Å². The molecule has 0 bridgehead atoms. The number of nitrogens with one attached hydrogen (secondary N) is 1. The average molecular weight is 361 g/mol. The first-order chi connectivity index (χ1) is 12.7. The highest BCUT2D eigenvalue weighted by molar-refractivity contribution is 5.80. The van der Waals surface area contributed by atoms with Gasteiger partial charge in [0.15, 0.2) is 5.96 Å². The van der Waals surface area contributed by atoms with Gasteiger partial charge in [-0.05, 0) is 37.0 Å². The van der Waals surface area contributed by atoms with Crippen molar-refractivity contribution in [3.8, 4) is 5.75 Å². The van der Waals surface area contributed by atoms with Gasteiger partial charge in [0.2, 0.25) is 0 Å². The van der Waals surface area contributed by atoms with Gasteiger partial charge >= 0.3 is 0 Å². The largest absolute Gasteiger partial charge is 0.496 e. The number of hydrogen-bond donors (Lipinski definition) is 1. The van der Waals surface area contributed by atoms with Gasteiger partial charge in [-0.2, -0.15) is 0 Å². The Labute approximate surface area is 157 Å². The second-order valence-corrected chi connectivity index (χ2v) is 7.06. The van der Waals surface area contributed by atoms with Crippen LogP contribution in [0.25, 0.3) is 0 Å². The minimum absolute atomic E-state index is 0.624. The summed E-state index contributed by atoms with van der Waals surface area (Å²) in [5.74, 6) is 1.97. The molecular formula is C20H32N4O2. The van der Waals surface area contributed by atoms with Crippen molar-refractivity contribution in [2.75, 3.05) is 60.1 Å². The molecule has 0 radical (unpaired) electrons.